The molecule has 0 heterocycles. The molecule has 0 saturated heterocycles. The molecule has 0 N–H and O–H groups in total. The van der Waals surface area contributed by atoms with Crippen molar-refractivity contribution < 1.29 is 9.53 Å². The molecule has 1 saturated carbocycles. The first kappa shape index (κ1) is 13.0. The van der Waals surface area contributed by atoms with Gasteiger partial charge in [0.25, 0.3) is 0 Å². The lowest BCUT2D eigenvalue weighted by atomic mass is 10.1. The van der Waals surface area contributed by atoms with Crippen molar-refractivity contribution in [2.24, 2.45) is 5.92 Å². The van der Waals surface area contributed by atoms with Crippen molar-refractivity contribution in [2.75, 3.05) is 26.8 Å². The standard InChI is InChI=1S/C12H20N2O2/c1-14(8-4-7-13)12(15)10-16-9-11-5-2-3-6-11/h11H,2-6,8-10H2,1H3. The molecule has 0 spiro atoms. The highest BCUT2D eigenvalue weighted by molar-refractivity contribution is 5.77. The fourth-order valence-electron chi connectivity index (χ4n) is 1.94. The summed E-state index contributed by atoms with van der Waals surface area (Å²) in [5, 5.41) is 8.40. The molecule has 0 aromatic carbocycles. The van der Waals surface area contributed by atoms with E-state index in [1.807, 2.05) is 6.07 Å². The smallest absolute Gasteiger partial charge is 0.248 e. The number of rotatable bonds is 6. The zero-order valence-electron chi connectivity index (χ0n) is 9.95. The molecule has 0 atom stereocenters. The SMILES string of the molecule is CN(CCC#N)C(=O)COCC1CCCC1. The molecule has 0 aromatic heterocycles. The maximum absolute atomic E-state index is 11.5. The predicted molar refractivity (Wildman–Crippen MR) is 60.6 cm³/mol. The second-order valence-electron chi connectivity index (χ2n) is 4.39. The second kappa shape index (κ2) is 7.24. The van der Waals surface area contributed by atoms with E-state index >= 15 is 0 Å². The van der Waals surface area contributed by atoms with Crippen molar-refractivity contribution in [1.82, 2.24) is 4.90 Å². The summed E-state index contributed by atoms with van der Waals surface area (Å²) < 4.78 is 5.41. The van der Waals surface area contributed by atoms with Gasteiger partial charge >= 0.3 is 0 Å². The molecule has 1 fully saturated rings. The first-order valence-electron chi connectivity index (χ1n) is 5.92. The molecular formula is C12H20N2O2. The fourth-order valence-corrected chi connectivity index (χ4v) is 1.94. The molecule has 0 unspecified atom stereocenters. The monoisotopic (exact) mass is 224 g/mol. The molecule has 0 aliphatic heterocycles. The number of hydrogen-bond acceptors (Lipinski definition) is 3. The van der Waals surface area contributed by atoms with Crippen LogP contribution in [-0.2, 0) is 9.53 Å². The molecular weight excluding hydrogens is 204 g/mol. The third kappa shape index (κ3) is 4.63. The molecule has 1 aliphatic rings. The van der Waals surface area contributed by atoms with Crippen molar-refractivity contribution >= 4 is 5.91 Å². The maximum atomic E-state index is 11.5. The zero-order chi connectivity index (χ0) is 11.8. The number of hydrogen-bond donors (Lipinski definition) is 0. The van der Waals surface area contributed by atoms with Gasteiger partial charge in [0.05, 0.1) is 19.1 Å². The molecule has 0 bridgehead atoms. The largest absolute Gasteiger partial charge is 0.371 e. The number of carbonyl (C=O) groups excluding carboxylic acids is 1. The third-order valence-electron chi connectivity index (χ3n) is 3.04. The summed E-state index contributed by atoms with van der Waals surface area (Å²) in [7, 11) is 1.71. The van der Waals surface area contributed by atoms with E-state index < -0.39 is 0 Å². The molecule has 4 heteroatoms. The van der Waals surface area contributed by atoms with Gasteiger partial charge in [-0.15, -0.1) is 0 Å². The minimum absolute atomic E-state index is 0.0340. The van der Waals surface area contributed by atoms with E-state index in [9.17, 15) is 4.79 Å². The lowest BCUT2D eigenvalue weighted by Crippen LogP contribution is -2.31. The summed E-state index contributed by atoms with van der Waals surface area (Å²) in [6.45, 7) is 1.35. The Labute approximate surface area is 97.2 Å². The molecule has 1 aliphatic carbocycles. The quantitative estimate of drug-likeness (QED) is 0.688. The summed E-state index contributed by atoms with van der Waals surface area (Å²) in [6, 6.07) is 2.02. The van der Waals surface area contributed by atoms with Crippen molar-refractivity contribution in [3.05, 3.63) is 0 Å². The van der Waals surface area contributed by atoms with Gasteiger partial charge in [0.1, 0.15) is 6.61 Å². The van der Waals surface area contributed by atoms with Crippen LogP contribution in [0.4, 0.5) is 0 Å². The van der Waals surface area contributed by atoms with E-state index in [2.05, 4.69) is 0 Å². The predicted octanol–water partition coefficient (Wildman–Crippen LogP) is 1.57. The van der Waals surface area contributed by atoms with E-state index in [1.165, 1.54) is 25.7 Å². The molecule has 1 rings (SSSR count). The van der Waals surface area contributed by atoms with E-state index in [0.717, 1.165) is 0 Å². The Balaban J connectivity index is 2.07. The van der Waals surface area contributed by atoms with Crippen LogP contribution >= 0.6 is 0 Å². The van der Waals surface area contributed by atoms with Gasteiger partial charge in [0.2, 0.25) is 5.91 Å². The Morgan fingerprint density at radius 3 is 2.81 bits per heavy atom. The Bertz CT molecular complexity index is 254. The average molecular weight is 224 g/mol. The van der Waals surface area contributed by atoms with Gasteiger partial charge in [-0.25, -0.2) is 0 Å². The lowest BCUT2D eigenvalue weighted by molar-refractivity contribution is -0.135. The van der Waals surface area contributed by atoms with Gasteiger partial charge < -0.3 is 9.64 Å². The minimum Gasteiger partial charge on any atom is -0.371 e. The van der Waals surface area contributed by atoms with E-state index in [4.69, 9.17) is 10.00 Å². The van der Waals surface area contributed by atoms with Crippen LogP contribution in [-0.4, -0.2) is 37.6 Å². The Morgan fingerprint density at radius 1 is 1.50 bits per heavy atom. The summed E-state index contributed by atoms with van der Waals surface area (Å²) in [4.78, 5) is 13.1. The number of nitriles is 1. The van der Waals surface area contributed by atoms with Crippen LogP contribution in [0.25, 0.3) is 0 Å². The van der Waals surface area contributed by atoms with Crippen LogP contribution in [0.2, 0.25) is 0 Å². The summed E-state index contributed by atoms with van der Waals surface area (Å²) in [6.07, 6.45) is 5.44. The van der Waals surface area contributed by atoms with Crippen molar-refractivity contribution in [2.45, 2.75) is 32.1 Å². The second-order valence-corrected chi connectivity index (χ2v) is 4.39. The number of likely N-dealkylation sites (N-methyl/N-ethyl adjacent to an activating group) is 1. The van der Waals surface area contributed by atoms with Gasteiger partial charge in [-0.1, -0.05) is 12.8 Å². The maximum Gasteiger partial charge on any atom is 0.248 e. The van der Waals surface area contributed by atoms with Crippen LogP contribution in [0.5, 0.6) is 0 Å². The summed E-state index contributed by atoms with van der Waals surface area (Å²) >= 11 is 0. The van der Waals surface area contributed by atoms with Crippen molar-refractivity contribution in [3.63, 3.8) is 0 Å². The van der Waals surface area contributed by atoms with E-state index in [1.54, 1.807) is 11.9 Å². The highest BCUT2D eigenvalue weighted by atomic mass is 16.5. The topological polar surface area (TPSA) is 53.3 Å². The Kier molecular flexibility index (Phi) is 5.87. The molecule has 0 aromatic rings. The van der Waals surface area contributed by atoms with Crippen LogP contribution in [0.3, 0.4) is 0 Å². The lowest BCUT2D eigenvalue weighted by Gasteiger charge is -2.16. The first-order chi connectivity index (χ1) is 7.74. The first-order valence-corrected chi connectivity index (χ1v) is 5.92. The molecule has 0 radical (unpaired) electrons. The fraction of sp³-hybridized carbons (Fsp3) is 0.833. The van der Waals surface area contributed by atoms with Gasteiger partial charge in [-0.3, -0.25) is 4.79 Å². The molecule has 1 amide bonds. The normalized spacial score (nSPS) is 16.0. The Hall–Kier alpha value is -1.08. The average Bonchev–Trinajstić information content (AvgIpc) is 2.78. The van der Waals surface area contributed by atoms with Gasteiger partial charge in [-0.2, -0.15) is 5.26 Å². The number of ether oxygens (including phenoxy) is 1. The van der Waals surface area contributed by atoms with Gasteiger partial charge in [-0.05, 0) is 18.8 Å². The number of nitrogens with zero attached hydrogens (tertiary/aromatic N) is 2. The Morgan fingerprint density at radius 2 is 2.19 bits per heavy atom. The van der Waals surface area contributed by atoms with Crippen LogP contribution in [0.1, 0.15) is 32.1 Å². The summed E-state index contributed by atoms with van der Waals surface area (Å²) in [5.41, 5.74) is 0. The highest BCUT2D eigenvalue weighted by Gasteiger charge is 2.16. The third-order valence-corrected chi connectivity index (χ3v) is 3.04. The van der Waals surface area contributed by atoms with Crippen LogP contribution in [0, 0.1) is 17.2 Å². The number of amides is 1. The van der Waals surface area contributed by atoms with Crippen LogP contribution < -0.4 is 0 Å². The van der Waals surface area contributed by atoms with E-state index in [-0.39, 0.29) is 12.5 Å². The van der Waals surface area contributed by atoms with E-state index in [0.29, 0.717) is 25.5 Å². The van der Waals surface area contributed by atoms with Gasteiger partial charge in [0, 0.05) is 13.6 Å². The van der Waals surface area contributed by atoms with Crippen molar-refractivity contribution in [1.29, 1.82) is 5.26 Å². The highest BCUT2D eigenvalue weighted by Crippen LogP contribution is 2.24. The van der Waals surface area contributed by atoms with Crippen LogP contribution in [0.15, 0.2) is 0 Å². The summed E-state index contributed by atoms with van der Waals surface area (Å²) in [5.74, 6) is 0.616. The zero-order valence-corrected chi connectivity index (χ0v) is 9.95. The molecule has 90 valence electrons. The van der Waals surface area contributed by atoms with Gasteiger partial charge in [0.15, 0.2) is 0 Å². The molecule has 16 heavy (non-hydrogen) atoms. The number of carbonyl (C=O) groups is 1. The molecule has 4 nitrogen and oxygen atoms in total. The minimum atomic E-state index is -0.0340. The van der Waals surface area contributed by atoms with Crippen molar-refractivity contribution in [3.8, 4) is 6.07 Å².